The molecule has 2 N–H and O–H groups in total. The maximum atomic E-state index is 14.8. The number of carbonyl (C=O) groups is 2. The van der Waals surface area contributed by atoms with Crippen LogP contribution in [0.25, 0.3) is 5.57 Å². The minimum absolute atomic E-state index is 0.114. The molecule has 0 aromatic heterocycles. The van der Waals surface area contributed by atoms with E-state index in [1.165, 1.54) is 0 Å². The molecule has 0 fully saturated rings. The zero-order valence-electron chi connectivity index (χ0n) is 27.6. The second-order valence-corrected chi connectivity index (χ2v) is 10.6. The number of carboxylic acid groups (broad SMARTS) is 1. The minimum Gasteiger partial charge on any atom is -0.481 e. The number of nitrogens with one attached hydrogen (secondary N) is 1. The van der Waals surface area contributed by atoms with Crippen LogP contribution in [0, 0.1) is 6.92 Å². The van der Waals surface area contributed by atoms with Gasteiger partial charge in [-0.1, -0.05) is 61.3 Å². The highest BCUT2D eigenvalue weighted by Gasteiger charge is 2.32. The predicted octanol–water partition coefficient (Wildman–Crippen LogP) is 8.59. The number of nitrogens with zero attached hydrogens (tertiary/aromatic N) is 1. The van der Waals surface area contributed by atoms with Gasteiger partial charge in [0.25, 0.3) is 12.4 Å². The normalized spacial score (nSPS) is 13.1. The Bertz CT molecular complexity index is 1260. The van der Waals surface area contributed by atoms with Crippen LogP contribution in [-0.4, -0.2) is 57.0 Å². The number of aryl methyl sites for hydroxylation is 1. The molecule has 0 bridgehead atoms. The first kappa shape index (κ1) is 41.7. The standard InChI is InChI=1S/C29H36ClF3N2O2.C3H8O.C2H4O2/c1-6-23(28(33)27(32)21(4)31)24-16-20(3)12-13-22(24)17-34-15-14-29(7-2,37-19-36)18-35(5)26-11-9-8-10-25(26)30;1-3-4-2;1-2(3)4/h8-13,16,19,34H,6-7,14-15,17-18H2,1-5H3;3H2,1-2H3;1H3,(H,3,4)/b27-21-,28-23-;;. The van der Waals surface area contributed by atoms with Gasteiger partial charge in [0.15, 0.2) is 11.7 Å². The molecule has 0 aliphatic rings. The smallest absolute Gasteiger partial charge is 0.300 e. The third-order valence-electron chi connectivity index (χ3n) is 6.80. The number of anilines is 1. The second kappa shape index (κ2) is 22.2. The van der Waals surface area contributed by atoms with Crippen molar-refractivity contribution in [2.75, 3.05) is 38.8 Å². The quantitative estimate of drug-likeness (QED) is 0.113. The third kappa shape index (κ3) is 15.0. The number of aliphatic carboxylic acids is 1. The summed E-state index contributed by atoms with van der Waals surface area (Å²) in [5, 5.41) is 11.4. The number of likely N-dealkylation sites (N-methyl/N-ethyl adjacent to an activating group) is 1. The Morgan fingerprint density at radius 1 is 1.09 bits per heavy atom. The first-order valence-corrected chi connectivity index (χ1v) is 15.1. The Kier molecular flexibility index (Phi) is 20.6. The number of halogens is 4. The van der Waals surface area contributed by atoms with E-state index in [1.54, 1.807) is 26.2 Å². The van der Waals surface area contributed by atoms with Crippen LogP contribution in [-0.2, 0) is 25.6 Å². The summed E-state index contributed by atoms with van der Waals surface area (Å²) in [7, 11) is 3.58. The Balaban J connectivity index is 0.00000215. The fraction of sp³-hybridized carbons (Fsp3) is 0.471. The molecule has 0 saturated carbocycles. The van der Waals surface area contributed by atoms with Crippen molar-refractivity contribution in [3.63, 3.8) is 0 Å². The molecule has 7 nitrogen and oxygen atoms in total. The van der Waals surface area contributed by atoms with E-state index < -0.39 is 29.1 Å². The topological polar surface area (TPSA) is 88.1 Å². The van der Waals surface area contributed by atoms with Gasteiger partial charge in [0.1, 0.15) is 11.4 Å². The molecule has 2 aromatic carbocycles. The Hall–Kier alpha value is -3.34. The average molecular weight is 657 g/mol. The largest absolute Gasteiger partial charge is 0.481 e. The summed E-state index contributed by atoms with van der Waals surface area (Å²) in [4.78, 5) is 22.3. The number of benzene rings is 2. The molecular formula is C34H48ClF3N2O5. The highest BCUT2D eigenvalue weighted by molar-refractivity contribution is 6.33. The van der Waals surface area contributed by atoms with Crippen molar-refractivity contribution in [2.45, 2.75) is 73.0 Å². The lowest BCUT2D eigenvalue weighted by atomic mass is 9.93. The molecule has 1 atom stereocenters. The van der Waals surface area contributed by atoms with Crippen LogP contribution in [0.5, 0.6) is 0 Å². The molecule has 0 heterocycles. The van der Waals surface area contributed by atoms with Gasteiger partial charge in [0, 0.05) is 40.7 Å². The van der Waals surface area contributed by atoms with Crippen molar-refractivity contribution >= 4 is 35.3 Å². The van der Waals surface area contributed by atoms with Crippen LogP contribution in [0.15, 0.2) is 59.9 Å². The lowest BCUT2D eigenvalue weighted by Gasteiger charge is -2.36. The molecule has 11 heteroatoms. The van der Waals surface area contributed by atoms with Crippen LogP contribution in [0.3, 0.4) is 0 Å². The number of ether oxygens (including phenoxy) is 2. The monoisotopic (exact) mass is 656 g/mol. The summed E-state index contributed by atoms with van der Waals surface area (Å²) in [5.41, 5.74) is 2.36. The van der Waals surface area contributed by atoms with Gasteiger partial charge >= 0.3 is 0 Å². The summed E-state index contributed by atoms with van der Waals surface area (Å²) in [6.45, 7) is 12.1. The summed E-state index contributed by atoms with van der Waals surface area (Å²) in [5.74, 6) is -4.68. The maximum absolute atomic E-state index is 14.8. The summed E-state index contributed by atoms with van der Waals surface area (Å²) in [6, 6.07) is 13.0. The molecule has 2 aromatic rings. The van der Waals surface area contributed by atoms with E-state index in [0.29, 0.717) is 49.5 Å². The SMILES string of the molecule is CC(=O)O.CC/C(=C(F)\C(F)=C(/C)F)c1cc(C)ccc1CNCCC(CC)(CN(C)c1ccccc1Cl)OC=O.CCOC. The van der Waals surface area contributed by atoms with Crippen molar-refractivity contribution in [2.24, 2.45) is 0 Å². The number of methoxy groups -OCH3 is 1. The van der Waals surface area contributed by atoms with E-state index in [-0.39, 0.29) is 12.0 Å². The third-order valence-corrected chi connectivity index (χ3v) is 7.12. The van der Waals surface area contributed by atoms with Crippen LogP contribution >= 0.6 is 11.6 Å². The first-order valence-electron chi connectivity index (χ1n) is 14.7. The molecule has 0 aliphatic heterocycles. The van der Waals surface area contributed by atoms with E-state index in [2.05, 4.69) is 10.1 Å². The molecule has 0 amide bonds. The van der Waals surface area contributed by atoms with Gasteiger partial charge in [-0.25, -0.2) is 13.2 Å². The van der Waals surface area contributed by atoms with Crippen LogP contribution < -0.4 is 10.2 Å². The van der Waals surface area contributed by atoms with Gasteiger partial charge in [-0.05, 0) is 69.0 Å². The number of carboxylic acids is 1. The lowest BCUT2D eigenvalue weighted by molar-refractivity contribution is -0.143. The zero-order chi connectivity index (χ0) is 34.6. The molecule has 0 radical (unpaired) electrons. The lowest BCUT2D eigenvalue weighted by Crippen LogP contribution is -2.45. The molecule has 45 heavy (non-hydrogen) atoms. The second-order valence-electron chi connectivity index (χ2n) is 10.2. The van der Waals surface area contributed by atoms with Crippen LogP contribution in [0.1, 0.15) is 70.6 Å². The van der Waals surface area contributed by atoms with Gasteiger partial charge < -0.3 is 24.8 Å². The van der Waals surface area contributed by atoms with E-state index in [4.69, 9.17) is 26.2 Å². The molecule has 2 rings (SSSR count). The number of para-hydroxylation sites is 1. The molecule has 0 saturated heterocycles. The Morgan fingerprint density at radius 2 is 1.69 bits per heavy atom. The van der Waals surface area contributed by atoms with Gasteiger partial charge in [-0.2, -0.15) is 0 Å². The number of rotatable bonds is 15. The number of allylic oxidation sites excluding steroid dienone is 4. The van der Waals surface area contributed by atoms with E-state index >= 15 is 0 Å². The molecule has 0 spiro atoms. The highest BCUT2D eigenvalue weighted by Crippen LogP contribution is 2.33. The van der Waals surface area contributed by atoms with Gasteiger partial charge in [-0.3, -0.25) is 9.59 Å². The predicted molar refractivity (Wildman–Crippen MR) is 176 cm³/mol. The number of hydrogen-bond donors (Lipinski definition) is 2. The fourth-order valence-electron chi connectivity index (χ4n) is 4.34. The molecular weight excluding hydrogens is 609 g/mol. The zero-order valence-corrected chi connectivity index (χ0v) is 28.4. The van der Waals surface area contributed by atoms with E-state index in [1.807, 2.05) is 63.1 Å². The number of hydrogen-bond acceptors (Lipinski definition) is 6. The van der Waals surface area contributed by atoms with Gasteiger partial charge in [-0.15, -0.1) is 0 Å². The van der Waals surface area contributed by atoms with Crippen molar-refractivity contribution < 1.29 is 37.3 Å². The van der Waals surface area contributed by atoms with Crippen LogP contribution in [0.4, 0.5) is 18.9 Å². The van der Waals surface area contributed by atoms with Crippen molar-refractivity contribution in [1.82, 2.24) is 5.32 Å². The average Bonchev–Trinajstić information content (AvgIpc) is 3.00. The molecule has 1 unspecified atom stereocenters. The van der Waals surface area contributed by atoms with Crippen molar-refractivity contribution in [1.29, 1.82) is 0 Å². The Labute approximate surface area is 271 Å². The summed E-state index contributed by atoms with van der Waals surface area (Å²) in [6.07, 6.45) is 1.30. The molecule has 0 aliphatic carbocycles. The fourth-order valence-corrected chi connectivity index (χ4v) is 4.62. The molecule has 252 valence electrons. The van der Waals surface area contributed by atoms with Crippen LogP contribution in [0.2, 0.25) is 5.02 Å². The minimum atomic E-state index is -1.47. The van der Waals surface area contributed by atoms with Gasteiger partial charge in [0.05, 0.1) is 17.3 Å². The highest BCUT2D eigenvalue weighted by atomic mass is 35.5. The Morgan fingerprint density at radius 3 is 2.18 bits per heavy atom. The van der Waals surface area contributed by atoms with E-state index in [9.17, 15) is 18.0 Å². The van der Waals surface area contributed by atoms with E-state index in [0.717, 1.165) is 37.3 Å². The maximum Gasteiger partial charge on any atom is 0.300 e. The van der Waals surface area contributed by atoms with Gasteiger partial charge in [0.2, 0.25) is 0 Å². The number of carbonyl (C=O) groups excluding carboxylic acids is 1. The summed E-state index contributed by atoms with van der Waals surface area (Å²) >= 11 is 6.34. The first-order chi connectivity index (χ1) is 21.2. The summed E-state index contributed by atoms with van der Waals surface area (Å²) < 4.78 is 52.4. The van der Waals surface area contributed by atoms with Crippen molar-refractivity contribution in [3.05, 3.63) is 81.7 Å². The van der Waals surface area contributed by atoms with Crippen molar-refractivity contribution in [3.8, 4) is 0 Å².